The molecule has 1 aromatic carbocycles. The molecular formula is C14H13ClN6. The minimum absolute atomic E-state index is 0.0675. The molecule has 7 heteroatoms. The summed E-state index contributed by atoms with van der Waals surface area (Å²) in [6.45, 7) is 1.96. The highest BCUT2D eigenvalue weighted by Gasteiger charge is 2.11. The number of nitrogens with zero attached hydrogens (tertiary/aromatic N) is 4. The second-order valence-corrected chi connectivity index (χ2v) is 4.89. The lowest BCUT2D eigenvalue weighted by molar-refractivity contribution is 0.789. The van der Waals surface area contributed by atoms with E-state index in [-0.39, 0.29) is 6.04 Å². The predicted octanol–water partition coefficient (Wildman–Crippen LogP) is 3.09. The molecule has 0 aliphatic rings. The molecular weight excluding hydrogens is 288 g/mol. The van der Waals surface area contributed by atoms with Crippen LogP contribution >= 0.6 is 11.6 Å². The van der Waals surface area contributed by atoms with Gasteiger partial charge in [0.1, 0.15) is 23.1 Å². The van der Waals surface area contributed by atoms with E-state index in [1.165, 1.54) is 6.33 Å². The van der Waals surface area contributed by atoms with Crippen molar-refractivity contribution >= 4 is 17.4 Å². The standard InChI is InChI=1S/C14H13ClN6/c1-9(13-16-8-17-21-13)18-12-7-11(15)19-14(20-12)10-5-3-2-4-6-10/h2-9H,1H3,(H,16,17,21)(H,18,19,20). The van der Waals surface area contributed by atoms with Crippen molar-refractivity contribution in [2.75, 3.05) is 5.32 Å². The fraction of sp³-hybridized carbons (Fsp3) is 0.143. The summed E-state index contributed by atoms with van der Waals surface area (Å²) >= 11 is 6.08. The molecule has 0 spiro atoms. The third-order valence-corrected chi connectivity index (χ3v) is 3.13. The number of H-pyrrole nitrogens is 1. The summed E-state index contributed by atoms with van der Waals surface area (Å²) in [5.41, 5.74) is 0.912. The molecule has 0 saturated carbocycles. The molecule has 1 unspecified atom stereocenters. The molecule has 106 valence electrons. The zero-order valence-corrected chi connectivity index (χ0v) is 12.0. The number of rotatable bonds is 4. The molecule has 2 heterocycles. The maximum atomic E-state index is 6.08. The SMILES string of the molecule is CC(Nc1cc(Cl)nc(-c2ccccc2)n1)c1ncn[nH]1. The van der Waals surface area contributed by atoms with Gasteiger partial charge in [-0.05, 0) is 6.92 Å². The number of nitrogens with one attached hydrogen (secondary N) is 2. The Balaban J connectivity index is 1.88. The van der Waals surface area contributed by atoms with E-state index in [0.717, 1.165) is 11.4 Å². The Hall–Kier alpha value is -2.47. The van der Waals surface area contributed by atoms with E-state index in [1.807, 2.05) is 37.3 Å². The van der Waals surface area contributed by atoms with Crippen LogP contribution in [-0.2, 0) is 0 Å². The number of hydrogen-bond acceptors (Lipinski definition) is 5. The Labute approximate surface area is 126 Å². The minimum Gasteiger partial charge on any atom is -0.360 e. The van der Waals surface area contributed by atoms with Crippen LogP contribution in [0.5, 0.6) is 0 Å². The second kappa shape index (κ2) is 5.88. The summed E-state index contributed by atoms with van der Waals surface area (Å²) in [6, 6.07) is 11.3. The zero-order chi connectivity index (χ0) is 14.7. The van der Waals surface area contributed by atoms with Crippen molar-refractivity contribution in [3.63, 3.8) is 0 Å². The van der Waals surface area contributed by atoms with E-state index in [4.69, 9.17) is 11.6 Å². The van der Waals surface area contributed by atoms with Gasteiger partial charge in [0.2, 0.25) is 0 Å². The van der Waals surface area contributed by atoms with Gasteiger partial charge in [-0.1, -0.05) is 41.9 Å². The van der Waals surface area contributed by atoms with Crippen LogP contribution in [0, 0.1) is 0 Å². The number of aromatic nitrogens is 5. The van der Waals surface area contributed by atoms with Crippen molar-refractivity contribution in [1.82, 2.24) is 25.1 Å². The van der Waals surface area contributed by atoms with Gasteiger partial charge in [-0.2, -0.15) is 5.10 Å². The van der Waals surface area contributed by atoms with Gasteiger partial charge in [0.05, 0.1) is 6.04 Å². The first-order valence-electron chi connectivity index (χ1n) is 6.44. The highest BCUT2D eigenvalue weighted by Crippen LogP contribution is 2.22. The van der Waals surface area contributed by atoms with Crippen LogP contribution in [0.15, 0.2) is 42.7 Å². The van der Waals surface area contributed by atoms with Gasteiger partial charge >= 0.3 is 0 Å². The van der Waals surface area contributed by atoms with E-state index < -0.39 is 0 Å². The quantitative estimate of drug-likeness (QED) is 0.724. The summed E-state index contributed by atoms with van der Waals surface area (Å²) < 4.78 is 0. The van der Waals surface area contributed by atoms with Crippen LogP contribution < -0.4 is 5.32 Å². The van der Waals surface area contributed by atoms with Crippen LogP contribution in [0.2, 0.25) is 5.15 Å². The fourth-order valence-electron chi connectivity index (χ4n) is 1.92. The van der Waals surface area contributed by atoms with Crippen LogP contribution in [0.4, 0.5) is 5.82 Å². The van der Waals surface area contributed by atoms with E-state index in [9.17, 15) is 0 Å². The van der Waals surface area contributed by atoms with Crippen molar-refractivity contribution < 1.29 is 0 Å². The molecule has 0 amide bonds. The summed E-state index contributed by atoms with van der Waals surface area (Å²) in [6.07, 6.45) is 1.47. The second-order valence-electron chi connectivity index (χ2n) is 4.50. The Morgan fingerprint density at radius 1 is 1.19 bits per heavy atom. The van der Waals surface area contributed by atoms with Gasteiger partial charge in [-0.25, -0.2) is 15.0 Å². The van der Waals surface area contributed by atoms with Crippen LogP contribution in [0.1, 0.15) is 18.8 Å². The molecule has 0 saturated heterocycles. The van der Waals surface area contributed by atoms with Crippen LogP contribution in [0.3, 0.4) is 0 Å². The van der Waals surface area contributed by atoms with Crippen molar-refractivity contribution in [1.29, 1.82) is 0 Å². The topological polar surface area (TPSA) is 79.4 Å². The van der Waals surface area contributed by atoms with Gasteiger partial charge in [-0.15, -0.1) is 0 Å². The highest BCUT2D eigenvalue weighted by atomic mass is 35.5. The molecule has 0 radical (unpaired) electrons. The molecule has 2 N–H and O–H groups in total. The van der Waals surface area contributed by atoms with Crippen molar-refractivity contribution in [2.24, 2.45) is 0 Å². The summed E-state index contributed by atoms with van der Waals surface area (Å²) in [5.74, 6) is 1.94. The van der Waals surface area contributed by atoms with E-state index in [1.54, 1.807) is 6.07 Å². The summed E-state index contributed by atoms with van der Waals surface area (Å²) in [7, 11) is 0. The average molecular weight is 301 g/mol. The fourth-order valence-corrected chi connectivity index (χ4v) is 2.11. The lowest BCUT2D eigenvalue weighted by Gasteiger charge is -2.12. The van der Waals surface area contributed by atoms with Crippen molar-refractivity contribution in [2.45, 2.75) is 13.0 Å². The molecule has 0 aliphatic carbocycles. The number of anilines is 1. The molecule has 0 bridgehead atoms. The van der Waals surface area contributed by atoms with Crippen molar-refractivity contribution in [3.05, 3.63) is 53.7 Å². The first kappa shape index (κ1) is 13.5. The van der Waals surface area contributed by atoms with Gasteiger partial charge in [0.15, 0.2) is 5.82 Å². The molecule has 6 nitrogen and oxygen atoms in total. The molecule has 3 aromatic rings. The first-order chi connectivity index (χ1) is 10.2. The van der Waals surface area contributed by atoms with Gasteiger partial charge < -0.3 is 5.32 Å². The van der Waals surface area contributed by atoms with E-state index in [0.29, 0.717) is 16.8 Å². The van der Waals surface area contributed by atoms with Crippen LogP contribution in [-0.4, -0.2) is 25.1 Å². The number of benzene rings is 1. The highest BCUT2D eigenvalue weighted by molar-refractivity contribution is 6.29. The van der Waals surface area contributed by atoms with Gasteiger partial charge in [0.25, 0.3) is 0 Å². The lowest BCUT2D eigenvalue weighted by atomic mass is 10.2. The third-order valence-electron chi connectivity index (χ3n) is 2.94. The smallest absolute Gasteiger partial charge is 0.163 e. The average Bonchev–Trinajstić information content (AvgIpc) is 3.02. The normalized spacial score (nSPS) is 12.1. The molecule has 21 heavy (non-hydrogen) atoms. The minimum atomic E-state index is -0.0675. The maximum absolute atomic E-state index is 6.08. The van der Waals surface area contributed by atoms with E-state index >= 15 is 0 Å². The third kappa shape index (κ3) is 3.17. The first-order valence-corrected chi connectivity index (χ1v) is 6.82. The number of hydrogen-bond donors (Lipinski definition) is 2. The van der Waals surface area contributed by atoms with Crippen molar-refractivity contribution in [3.8, 4) is 11.4 Å². The van der Waals surface area contributed by atoms with E-state index in [2.05, 4.69) is 30.5 Å². The maximum Gasteiger partial charge on any atom is 0.163 e. The molecule has 3 rings (SSSR count). The molecule has 0 aliphatic heterocycles. The summed E-state index contributed by atoms with van der Waals surface area (Å²) in [4.78, 5) is 12.8. The van der Waals surface area contributed by atoms with Crippen LogP contribution in [0.25, 0.3) is 11.4 Å². The largest absolute Gasteiger partial charge is 0.360 e. The van der Waals surface area contributed by atoms with Gasteiger partial charge in [0, 0.05) is 11.6 Å². The Kier molecular flexibility index (Phi) is 3.79. The zero-order valence-electron chi connectivity index (χ0n) is 11.3. The number of aromatic amines is 1. The summed E-state index contributed by atoms with van der Waals surface area (Å²) in [5, 5.41) is 10.3. The molecule has 2 aromatic heterocycles. The monoisotopic (exact) mass is 300 g/mol. The molecule has 0 fully saturated rings. The molecule has 1 atom stereocenters. The Morgan fingerprint density at radius 3 is 2.71 bits per heavy atom. The number of halogens is 1. The Morgan fingerprint density at radius 2 is 2.00 bits per heavy atom. The predicted molar refractivity (Wildman–Crippen MR) is 80.9 cm³/mol. The van der Waals surface area contributed by atoms with Gasteiger partial charge in [-0.3, -0.25) is 5.10 Å². The Bertz CT molecular complexity index is 714. The lowest BCUT2D eigenvalue weighted by Crippen LogP contribution is -2.10.